The first kappa shape index (κ1) is 14.3. The molecule has 0 radical (unpaired) electrons. The molecule has 0 heterocycles. The van der Waals surface area contributed by atoms with Crippen LogP contribution in [-0.2, 0) is 17.6 Å². The SMILES string of the molecule is CC(C)(C)[Si](C)(C)Oc1cccc2c1CCC(=O)C2. The number of hydrogen-bond donors (Lipinski definition) is 0. The molecule has 3 heteroatoms. The third-order valence-corrected chi connectivity index (χ3v) is 8.79. The lowest BCUT2D eigenvalue weighted by molar-refractivity contribution is -0.118. The van der Waals surface area contributed by atoms with Crippen LogP contribution < -0.4 is 4.43 Å². The average Bonchev–Trinajstić information content (AvgIpc) is 2.26. The number of Topliss-reactive ketones (excluding diaryl/α,β-unsaturated/α-hetero) is 1. The van der Waals surface area contributed by atoms with E-state index in [0.717, 1.165) is 17.7 Å². The Morgan fingerprint density at radius 3 is 2.47 bits per heavy atom. The Morgan fingerprint density at radius 1 is 1.16 bits per heavy atom. The highest BCUT2D eigenvalue weighted by Crippen LogP contribution is 2.39. The van der Waals surface area contributed by atoms with Gasteiger partial charge in [0.15, 0.2) is 0 Å². The van der Waals surface area contributed by atoms with E-state index in [1.165, 1.54) is 5.56 Å². The minimum absolute atomic E-state index is 0.195. The maximum Gasteiger partial charge on any atom is 0.250 e. The normalized spacial score (nSPS) is 16.2. The van der Waals surface area contributed by atoms with Crippen LogP contribution in [-0.4, -0.2) is 14.1 Å². The molecule has 19 heavy (non-hydrogen) atoms. The summed E-state index contributed by atoms with van der Waals surface area (Å²) in [6.07, 6.45) is 2.06. The molecule has 0 bridgehead atoms. The van der Waals surface area contributed by atoms with E-state index >= 15 is 0 Å². The maximum atomic E-state index is 11.5. The summed E-state index contributed by atoms with van der Waals surface area (Å²) in [6.45, 7) is 11.3. The first-order valence-electron chi connectivity index (χ1n) is 7.02. The lowest BCUT2D eigenvalue weighted by Crippen LogP contribution is -2.44. The molecule has 0 N–H and O–H groups in total. The average molecular weight is 276 g/mol. The molecule has 0 fully saturated rings. The zero-order chi connectivity index (χ0) is 14.3. The van der Waals surface area contributed by atoms with E-state index in [1.807, 2.05) is 6.07 Å². The third-order valence-electron chi connectivity index (χ3n) is 4.44. The van der Waals surface area contributed by atoms with Gasteiger partial charge in [-0.15, -0.1) is 0 Å². The lowest BCUT2D eigenvalue weighted by atomic mass is 9.90. The molecular weight excluding hydrogens is 252 g/mol. The fourth-order valence-electron chi connectivity index (χ4n) is 2.15. The van der Waals surface area contributed by atoms with Gasteiger partial charge in [0.1, 0.15) is 11.5 Å². The van der Waals surface area contributed by atoms with Crippen molar-refractivity contribution in [1.29, 1.82) is 0 Å². The molecule has 0 atom stereocenters. The second-order valence-electron chi connectivity index (χ2n) is 6.97. The molecule has 1 aliphatic rings. The highest BCUT2D eigenvalue weighted by atomic mass is 28.4. The molecule has 0 aromatic heterocycles. The van der Waals surface area contributed by atoms with Gasteiger partial charge in [-0.1, -0.05) is 32.9 Å². The Morgan fingerprint density at radius 2 is 1.84 bits per heavy atom. The van der Waals surface area contributed by atoms with Crippen molar-refractivity contribution in [3.63, 3.8) is 0 Å². The van der Waals surface area contributed by atoms with Crippen molar-refractivity contribution in [3.05, 3.63) is 29.3 Å². The number of carbonyl (C=O) groups is 1. The van der Waals surface area contributed by atoms with Crippen LogP contribution in [0.15, 0.2) is 18.2 Å². The van der Waals surface area contributed by atoms with Crippen LogP contribution >= 0.6 is 0 Å². The monoisotopic (exact) mass is 276 g/mol. The Balaban J connectivity index is 2.32. The summed E-state index contributed by atoms with van der Waals surface area (Å²) in [6, 6.07) is 6.14. The fraction of sp³-hybridized carbons (Fsp3) is 0.562. The molecule has 0 unspecified atom stereocenters. The Bertz CT molecular complexity index is 498. The Labute approximate surface area is 117 Å². The highest BCUT2D eigenvalue weighted by molar-refractivity contribution is 6.74. The van der Waals surface area contributed by atoms with E-state index in [1.54, 1.807) is 0 Å². The summed E-state index contributed by atoms with van der Waals surface area (Å²) in [4.78, 5) is 11.5. The molecule has 2 nitrogen and oxygen atoms in total. The van der Waals surface area contributed by atoms with Crippen LogP contribution in [0.25, 0.3) is 0 Å². The summed E-state index contributed by atoms with van der Waals surface area (Å²) in [5.41, 5.74) is 2.42. The number of hydrogen-bond acceptors (Lipinski definition) is 2. The van der Waals surface area contributed by atoms with E-state index < -0.39 is 8.32 Å². The lowest BCUT2D eigenvalue weighted by Gasteiger charge is -2.37. The molecule has 2 rings (SSSR count). The van der Waals surface area contributed by atoms with Crippen LogP contribution in [0.4, 0.5) is 0 Å². The summed E-state index contributed by atoms with van der Waals surface area (Å²) in [5.74, 6) is 1.36. The van der Waals surface area contributed by atoms with Gasteiger partial charge in [-0.25, -0.2) is 0 Å². The van der Waals surface area contributed by atoms with Crippen LogP contribution in [0, 0.1) is 0 Å². The van der Waals surface area contributed by atoms with Crippen LogP contribution in [0.5, 0.6) is 5.75 Å². The second-order valence-corrected chi connectivity index (χ2v) is 11.7. The van der Waals surface area contributed by atoms with Crippen molar-refractivity contribution in [3.8, 4) is 5.75 Å². The predicted octanol–water partition coefficient (Wildman–Crippen LogP) is 4.13. The van der Waals surface area contributed by atoms with Crippen LogP contribution in [0.1, 0.15) is 38.3 Å². The third kappa shape index (κ3) is 2.91. The summed E-state index contributed by atoms with van der Waals surface area (Å²) in [7, 11) is -1.81. The van der Waals surface area contributed by atoms with Gasteiger partial charge >= 0.3 is 0 Å². The van der Waals surface area contributed by atoms with Gasteiger partial charge in [0.2, 0.25) is 8.32 Å². The topological polar surface area (TPSA) is 26.3 Å². The van der Waals surface area contributed by atoms with E-state index in [9.17, 15) is 4.79 Å². The van der Waals surface area contributed by atoms with Crippen molar-refractivity contribution in [2.75, 3.05) is 0 Å². The molecule has 0 aliphatic heterocycles. The molecular formula is C16H24O2Si. The highest BCUT2D eigenvalue weighted by Gasteiger charge is 2.39. The van der Waals surface area contributed by atoms with Gasteiger partial charge in [0.25, 0.3) is 0 Å². The first-order chi connectivity index (χ1) is 8.71. The van der Waals surface area contributed by atoms with Gasteiger partial charge < -0.3 is 4.43 Å². The van der Waals surface area contributed by atoms with E-state index in [2.05, 4.69) is 46.0 Å². The van der Waals surface area contributed by atoms with E-state index in [4.69, 9.17) is 4.43 Å². The molecule has 0 saturated heterocycles. The largest absolute Gasteiger partial charge is 0.543 e. The molecule has 0 saturated carbocycles. The van der Waals surface area contributed by atoms with Gasteiger partial charge in [-0.05, 0) is 41.7 Å². The molecule has 0 amide bonds. The minimum atomic E-state index is -1.81. The second kappa shape index (κ2) is 4.78. The molecule has 0 spiro atoms. The summed E-state index contributed by atoms with van der Waals surface area (Å²) < 4.78 is 6.43. The van der Waals surface area contributed by atoms with Crippen molar-refractivity contribution < 1.29 is 9.22 Å². The quantitative estimate of drug-likeness (QED) is 0.759. The van der Waals surface area contributed by atoms with Crippen molar-refractivity contribution in [2.45, 2.75) is 58.2 Å². The molecule has 1 aromatic rings. The standard InChI is InChI=1S/C16H24O2Si/c1-16(2,3)19(4,5)18-15-8-6-7-12-11-13(17)9-10-14(12)15/h6-8H,9-11H2,1-5H3. The van der Waals surface area contributed by atoms with Gasteiger partial charge in [0, 0.05) is 12.8 Å². The van der Waals surface area contributed by atoms with Crippen molar-refractivity contribution >= 4 is 14.1 Å². The van der Waals surface area contributed by atoms with Gasteiger partial charge in [0.05, 0.1) is 0 Å². The van der Waals surface area contributed by atoms with E-state index in [-0.39, 0.29) is 5.04 Å². The molecule has 1 aliphatic carbocycles. The summed E-state index contributed by atoms with van der Waals surface area (Å²) in [5, 5.41) is 0.195. The molecule has 104 valence electrons. The van der Waals surface area contributed by atoms with Gasteiger partial charge in [-0.3, -0.25) is 4.79 Å². The minimum Gasteiger partial charge on any atom is -0.543 e. The van der Waals surface area contributed by atoms with Crippen molar-refractivity contribution in [1.82, 2.24) is 0 Å². The molecule has 1 aromatic carbocycles. The zero-order valence-electron chi connectivity index (χ0n) is 12.7. The number of carbonyl (C=O) groups excluding carboxylic acids is 1. The number of rotatable bonds is 2. The van der Waals surface area contributed by atoms with Crippen LogP contribution in [0.2, 0.25) is 18.1 Å². The predicted molar refractivity (Wildman–Crippen MR) is 81.3 cm³/mol. The fourth-order valence-corrected chi connectivity index (χ4v) is 3.20. The van der Waals surface area contributed by atoms with Crippen LogP contribution in [0.3, 0.4) is 0 Å². The van der Waals surface area contributed by atoms with Crippen molar-refractivity contribution in [2.24, 2.45) is 0 Å². The summed E-state index contributed by atoms with van der Waals surface area (Å²) >= 11 is 0. The maximum absolute atomic E-state index is 11.5. The first-order valence-corrected chi connectivity index (χ1v) is 9.93. The Hall–Kier alpha value is -1.09. The number of fused-ring (bicyclic) bond motifs is 1. The number of benzene rings is 1. The zero-order valence-corrected chi connectivity index (χ0v) is 13.7. The number of ketones is 1. The van der Waals surface area contributed by atoms with E-state index in [0.29, 0.717) is 18.6 Å². The Kier molecular flexibility index (Phi) is 3.60. The smallest absolute Gasteiger partial charge is 0.250 e. The van der Waals surface area contributed by atoms with Gasteiger partial charge in [-0.2, -0.15) is 0 Å².